The molecule has 0 saturated heterocycles. The smallest absolute Gasteiger partial charge is 0.255 e. The molecule has 0 fully saturated rings. The van der Waals surface area contributed by atoms with Gasteiger partial charge in [-0.3, -0.25) is 4.79 Å². The molecule has 0 aliphatic carbocycles. The van der Waals surface area contributed by atoms with Crippen molar-refractivity contribution >= 4 is 27.3 Å². The zero-order valence-electron chi connectivity index (χ0n) is 15.3. The second kappa shape index (κ2) is 8.82. The standard InChI is InChI=1S/C19H25N3O3S/c1-4-5-14-20-26(24,25)18-12-6-15(7-13-18)19(23)21-16-8-10-17(11-9-16)22(2)3/h6-13,20H,4-5,14H2,1-3H3,(H,21,23). The number of hydrogen-bond donors (Lipinski definition) is 2. The van der Waals surface area contributed by atoms with Crippen molar-refractivity contribution in [2.24, 2.45) is 0 Å². The van der Waals surface area contributed by atoms with E-state index in [1.54, 1.807) is 0 Å². The Balaban J connectivity index is 2.04. The van der Waals surface area contributed by atoms with Crippen molar-refractivity contribution in [2.45, 2.75) is 24.7 Å². The Morgan fingerprint density at radius 2 is 1.62 bits per heavy atom. The van der Waals surface area contributed by atoms with Gasteiger partial charge in [0.05, 0.1) is 4.90 Å². The normalized spacial score (nSPS) is 11.2. The highest BCUT2D eigenvalue weighted by molar-refractivity contribution is 7.89. The molecule has 2 N–H and O–H groups in total. The number of benzene rings is 2. The summed E-state index contributed by atoms with van der Waals surface area (Å²) < 4.78 is 26.8. The molecule has 2 rings (SSSR count). The predicted octanol–water partition coefficient (Wildman–Crippen LogP) is 3.08. The van der Waals surface area contributed by atoms with Gasteiger partial charge in [0.2, 0.25) is 10.0 Å². The lowest BCUT2D eigenvalue weighted by atomic mass is 10.2. The molecule has 0 aliphatic rings. The van der Waals surface area contributed by atoms with Crippen molar-refractivity contribution < 1.29 is 13.2 Å². The summed E-state index contributed by atoms with van der Waals surface area (Å²) in [6.07, 6.45) is 1.70. The second-order valence-electron chi connectivity index (χ2n) is 6.17. The number of amides is 1. The van der Waals surface area contributed by atoms with E-state index in [0.29, 0.717) is 17.8 Å². The van der Waals surface area contributed by atoms with Crippen molar-refractivity contribution in [1.82, 2.24) is 4.72 Å². The minimum atomic E-state index is -3.53. The molecule has 0 saturated carbocycles. The van der Waals surface area contributed by atoms with Crippen LogP contribution in [-0.2, 0) is 10.0 Å². The van der Waals surface area contributed by atoms with Crippen LogP contribution in [0.1, 0.15) is 30.1 Å². The lowest BCUT2D eigenvalue weighted by Gasteiger charge is -2.13. The van der Waals surface area contributed by atoms with Crippen LogP contribution in [0.2, 0.25) is 0 Å². The fourth-order valence-corrected chi connectivity index (χ4v) is 3.37. The molecule has 26 heavy (non-hydrogen) atoms. The van der Waals surface area contributed by atoms with E-state index in [9.17, 15) is 13.2 Å². The van der Waals surface area contributed by atoms with Gasteiger partial charge in [-0.15, -0.1) is 0 Å². The molecule has 0 spiro atoms. The lowest BCUT2D eigenvalue weighted by molar-refractivity contribution is 0.102. The van der Waals surface area contributed by atoms with Crippen LogP contribution in [0.25, 0.3) is 0 Å². The van der Waals surface area contributed by atoms with Gasteiger partial charge in [-0.1, -0.05) is 13.3 Å². The first kappa shape index (κ1) is 19.9. The number of anilines is 2. The van der Waals surface area contributed by atoms with Gasteiger partial charge in [-0.2, -0.15) is 0 Å². The molecule has 6 nitrogen and oxygen atoms in total. The highest BCUT2D eigenvalue weighted by Gasteiger charge is 2.14. The van der Waals surface area contributed by atoms with Crippen molar-refractivity contribution in [1.29, 1.82) is 0 Å². The first-order valence-electron chi connectivity index (χ1n) is 8.52. The lowest BCUT2D eigenvalue weighted by Crippen LogP contribution is -2.24. The maximum Gasteiger partial charge on any atom is 0.255 e. The van der Waals surface area contributed by atoms with Crippen LogP contribution in [-0.4, -0.2) is 35.0 Å². The zero-order valence-corrected chi connectivity index (χ0v) is 16.1. The zero-order chi connectivity index (χ0) is 19.2. The van der Waals surface area contributed by atoms with E-state index in [1.165, 1.54) is 24.3 Å². The number of sulfonamides is 1. The third kappa shape index (κ3) is 5.31. The summed E-state index contributed by atoms with van der Waals surface area (Å²) in [6.45, 7) is 2.40. The number of rotatable bonds is 8. The van der Waals surface area contributed by atoms with Gasteiger partial charge in [0.15, 0.2) is 0 Å². The number of nitrogens with zero attached hydrogens (tertiary/aromatic N) is 1. The van der Waals surface area contributed by atoms with Gasteiger partial charge in [0.1, 0.15) is 0 Å². The molecule has 7 heteroatoms. The topological polar surface area (TPSA) is 78.5 Å². The largest absolute Gasteiger partial charge is 0.378 e. The Morgan fingerprint density at radius 1 is 1.00 bits per heavy atom. The van der Waals surface area contributed by atoms with Crippen LogP contribution in [0.5, 0.6) is 0 Å². The number of nitrogens with one attached hydrogen (secondary N) is 2. The second-order valence-corrected chi connectivity index (χ2v) is 7.94. The van der Waals surface area contributed by atoms with Gasteiger partial charge in [0, 0.05) is 37.6 Å². The third-order valence-corrected chi connectivity index (χ3v) is 5.37. The summed E-state index contributed by atoms with van der Waals surface area (Å²) >= 11 is 0. The summed E-state index contributed by atoms with van der Waals surface area (Å²) in [4.78, 5) is 14.4. The van der Waals surface area contributed by atoms with Crippen molar-refractivity contribution in [3.63, 3.8) is 0 Å². The summed E-state index contributed by atoms with van der Waals surface area (Å²) in [7, 11) is 0.356. The molecule has 0 heterocycles. The minimum Gasteiger partial charge on any atom is -0.378 e. The van der Waals surface area contributed by atoms with E-state index in [0.717, 1.165) is 18.5 Å². The van der Waals surface area contributed by atoms with E-state index in [2.05, 4.69) is 10.0 Å². The van der Waals surface area contributed by atoms with Crippen molar-refractivity contribution in [3.05, 3.63) is 54.1 Å². The molecule has 0 aliphatic heterocycles. The molecule has 140 valence electrons. The summed E-state index contributed by atoms with van der Waals surface area (Å²) in [5.74, 6) is -0.287. The highest BCUT2D eigenvalue weighted by Crippen LogP contribution is 2.17. The predicted molar refractivity (Wildman–Crippen MR) is 105 cm³/mol. The number of carbonyl (C=O) groups excluding carboxylic acids is 1. The molecule has 1 amide bonds. The van der Waals surface area contributed by atoms with E-state index < -0.39 is 10.0 Å². The quantitative estimate of drug-likeness (QED) is 0.695. The molecule has 0 bridgehead atoms. The Bertz CT molecular complexity index is 829. The Hall–Kier alpha value is -2.38. The summed E-state index contributed by atoms with van der Waals surface area (Å²) in [5.41, 5.74) is 2.11. The fourth-order valence-electron chi connectivity index (χ4n) is 2.30. The average molecular weight is 375 g/mol. The van der Waals surface area contributed by atoms with Gasteiger partial charge in [-0.25, -0.2) is 13.1 Å². The van der Waals surface area contributed by atoms with Crippen LogP contribution in [0, 0.1) is 0 Å². The van der Waals surface area contributed by atoms with E-state index in [4.69, 9.17) is 0 Å². The number of unbranched alkanes of at least 4 members (excludes halogenated alkanes) is 1. The maximum absolute atomic E-state index is 12.3. The molecule has 0 atom stereocenters. The van der Waals surface area contributed by atoms with Gasteiger partial charge in [0.25, 0.3) is 5.91 Å². The van der Waals surface area contributed by atoms with E-state index in [-0.39, 0.29) is 10.8 Å². The Labute approximate surface area is 155 Å². The van der Waals surface area contributed by atoms with Gasteiger partial charge >= 0.3 is 0 Å². The minimum absolute atomic E-state index is 0.153. The van der Waals surface area contributed by atoms with E-state index in [1.807, 2.05) is 50.2 Å². The van der Waals surface area contributed by atoms with Crippen LogP contribution >= 0.6 is 0 Å². The molecule has 0 radical (unpaired) electrons. The maximum atomic E-state index is 12.3. The number of hydrogen-bond acceptors (Lipinski definition) is 4. The first-order chi connectivity index (χ1) is 12.3. The molecule has 2 aromatic carbocycles. The third-order valence-electron chi connectivity index (χ3n) is 3.89. The van der Waals surface area contributed by atoms with Crippen LogP contribution in [0.15, 0.2) is 53.4 Å². The molecular weight excluding hydrogens is 350 g/mol. The average Bonchev–Trinajstić information content (AvgIpc) is 2.62. The van der Waals surface area contributed by atoms with E-state index >= 15 is 0 Å². The molecule has 0 aromatic heterocycles. The first-order valence-corrected chi connectivity index (χ1v) is 10.0. The Morgan fingerprint density at radius 3 is 2.15 bits per heavy atom. The molecule has 0 unspecified atom stereocenters. The van der Waals surface area contributed by atoms with Gasteiger partial charge < -0.3 is 10.2 Å². The molecule has 2 aromatic rings. The highest BCUT2D eigenvalue weighted by atomic mass is 32.2. The SMILES string of the molecule is CCCCNS(=O)(=O)c1ccc(C(=O)Nc2ccc(N(C)C)cc2)cc1. The number of carbonyl (C=O) groups is 1. The fraction of sp³-hybridized carbons (Fsp3) is 0.316. The monoisotopic (exact) mass is 375 g/mol. The van der Waals surface area contributed by atoms with Crippen molar-refractivity contribution in [3.8, 4) is 0 Å². The van der Waals surface area contributed by atoms with Gasteiger partial charge in [-0.05, 0) is 55.0 Å². The molecular formula is C19H25N3O3S. The summed E-state index contributed by atoms with van der Waals surface area (Å²) in [5, 5.41) is 2.80. The Kier molecular flexibility index (Phi) is 6.76. The van der Waals surface area contributed by atoms with Crippen LogP contribution in [0.3, 0.4) is 0 Å². The van der Waals surface area contributed by atoms with Crippen molar-refractivity contribution in [2.75, 3.05) is 30.9 Å². The van der Waals surface area contributed by atoms with Crippen LogP contribution < -0.4 is 14.9 Å². The summed E-state index contributed by atoms with van der Waals surface area (Å²) in [6, 6.07) is 13.4. The van der Waals surface area contributed by atoms with Crippen LogP contribution in [0.4, 0.5) is 11.4 Å².